The van der Waals surface area contributed by atoms with Crippen molar-refractivity contribution in [1.29, 1.82) is 0 Å². The molecule has 0 atom stereocenters. The van der Waals surface area contributed by atoms with E-state index in [1.165, 1.54) is 5.56 Å². The number of rotatable bonds is 7. The van der Waals surface area contributed by atoms with E-state index < -0.39 is 0 Å². The molecular weight excluding hydrogens is 247 g/mol. The van der Waals surface area contributed by atoms with Gasteiger partial charge in [-0.15, -0.1) is 24.8 Å². The molecule has 0 radical (unpaired) electrons. The van der Waals surface area contributed by atoms with Gasteiger partial charge < -0.3 is 15.7 Å². The Hall–Kier alpha value is -0.320. The van der Waals surface area contributed by atoms with Crippen molar-refractivity contribution < 1.29 is 5.11 Å². The molecular formula is C11H20Cl2N2O. The average Bonchev–Trinajstić information content (AvgIpc) is 2.25. The van der Waals surface area contributed by atoms with Crippen molar-refractivity contribution in [3.8, 4) is 0 Å². The molecule has 0 bridgehead atoms. The van der Waals surface area contributed by atoms with E-state index in [1.54, 1.807) is 0 Å². The van der Waals surface area contributed by atoms with E-state index >= 15 is 0 Å². The zero-order chi connectivity index (χ0) is 10.1. The van der Waals surface area contributed by atoms with Crippen molar-refractivity contribution in [3.05, 3.63) is 35.9 Å². The van der Waals surface area contributed by atoms with Gasteiger partial charge in [0.25, 0.3) is 0 Å². The number of aliphatic hydroxyl groups is 1. The van der Waals surface area contributed by atoms with Gasteiger partial charge >= 0.3 is 0 Å². The molecule has 0 saturated heterocycles. The predicted octanol–water partition coefficient (Wildman–Crippen LogP) is 1.20. The topological polar surface area (TPSA) is 44.3 Å². The summed E-state index contributed by atoms with van der Waals surface area (Å²) in [6.45, 7) is 3.61. The van der Waals surface area contributed by atoms with Crippen LogP contribution in [0.2, 0.25) is 0 Å². The Kier molecular flexibility index (Phi) is 14.4. The van der Waals surface area contributed by atoms with Crippen LogP contribution in [0.3, 0.4) is 0 Å². The van der Waals surface area contributed by atoms with Gasteiger partial charge in [0.1, 0.15) is 0 Å². The molecule has 0 aliphatic heterocycles. The molecule has 1 aromatic carbocycles. The maximum absolute atomic E-state index is 8.52. The quantitative estimate of drug-likeness (QED) is 0.650. The molecule has 0 spiro atoms. The van der Waals surface area contributed by atoms with Gasteiger partial charge in [-0.1, -0.05) is 30.3 Å². The van der Waals surface area contributed by atoms with E-state index in [2.05, 4.69) is 22.8 Å². The van der Waals surface area contributed by atoms with Crippen molar-refractivity contribution in [2.75, 3.05) is 26.2 Å². The molecule has 3 nitrogen and oxygen atoms in total. The minimum Gasteiger partial charge on any atom is -0.395 e. The number of hydrogen-bond acceptors (Lipinski definition) is 3. The molecule has 16 heavy (non-hydrogen) atoms. The summed E-state index contributed by atoms with van der Waals surface area (Å²) < 4.78 is 0. The summed E-state index contributed by atoms with van der Waals surface area (Å²) in [6, 6.07) is 10.3. The van der Waals surface area contributed by atoms with Crippen LogP contribution in [0.15, 0.2) is 30.3 Å². The van der Waals surface area contributed by atoms with Crippen molar-refractivity contribution in [3.63, 3.8) is 0 Å². The molecule has 1 rings (SSSR count). The number of benzene rings is 1. The number of halogens is 2. The van der Waals surface area contributed by atoms with Crippen LogP contribution >= 0.6 is 24.8 Å². The van der Waals surface area contributed by atoms with Crippen LogP contribution < -0.4 is 10.6 Å². The fraction of sp³-hybridized carbons (Fsp3) is 0.455. The summed E-state index contributed by atoms with van der Waals surface area (Å²) >= 11 is 0. The van der Waals surface area contributed by atoms with Crippen LogP contribution in [-0.4, -0.2) is 31.3 Å². The zero-order valence-electron chi connectivity index (χ0n) is 9.19. The summed E-state index contributed by atoms with van der Waals surface area (Å²) in [4.78, 5) is 0. The Morgan fingerprint density at radius 2 is 1.50 bits per heavy atom. The van der Waals surface area contributed by atoms with Crippen molar-refractivity contribution >= 4 is 24.8 Å². The van der Waals surface area contributed by atoms with Crippen LogP contribution in [0.25, 0.3) is 0 Å². The summed E-state index contributed by atoms with van der Waals surface area (Å²) in [5, 5.41) is 14.9. The molecule has 0 aromatic heterocycles. The van der Waals surface area contributed by atoms with Gasteiger partial charge in [-0.3, -0.25) is 0 Å². The van der Waals surface area contributed by atoms with Gasteiger partial charge in [0, 0.05) is 26.2 Å². The summed E-state index contributed by atoms with van der Waals surface area (Å²) in [6.07, 6.45) is 0. The highest BCUT2D eigenvalue weighted by atomic mass is 35.5. The fourth-order valence-corrected chi connectivity index (χ4v) is 1.21. The van der Waals surface area contributed by atoms with Gasteiger partial charge in [-0.2, -0.15) is 0 Å². The second kappa shape index (κ2) is 12.7. The predicted molar refractivity (Wildman–Crippen MR) is 72.6 cm³/mol. The van der Waals surface area contributed by atoms with E-state index in [4.69, 9.17) is 5.11 Å². The van der Waals surface area contributed by atoms with Crippen LogP contribution in [0, 0.1) is 0 Å². The highest BCUT2D eigenvalue weighted by Gasteiger charge is 1.89. The third-order valence-electron chi connectivity index (χ3n) is 1.94. The van der Waals surface area contributed by atoms with Crippen molar-refractivity contribution in [2.24, 2.45) is 0 Å². The molecule has 0 fully saturated rings. The Morgan fingerprint density at radius 3 is 2.12 bits per heavy atom. The normalized spacial score (nSPS) is 9.06. The smallest absolute Gasteiger partial charge is 0.0555 e. The first-order valence-corrected chi connectivity index (χ1v) is 4.99. The fourth-order valence-electron chi connectivity index (χ4n) is 1.21. The lowest BCUT2D eigenvalue weighted by atomic mass is 10.2. The molecule has 0 saturated carbocycles. The highest BCUT2D eigenvalue weighted by Crippen LogP contribution is 1.96. The van der Waals surface area contributed by atoms with Crippen molar-refractivity contribution in [1.82, 2.24) is 10.6 Å². The molecule has 0 unspecified atom stereocenters. The van der Waals surface area contributed by atoms with E-state index in [1.807, 2.05) is 18.2 Å². The van der Waals surface area contributed by atoms with Crippen LogP contribution in [0.1, 0.15) is 5.56 Å². The third-order valence-corrected chi connectivity index (χ3v) is 1.94. The second-order valence-corrected chi connectivity index (χ2v) is 3.14. The lowest BCUT2D eigenvalue weighted by molar-refractivity contribution is 0.292. The maximum atomic E-state index is 8.52. The molecule has 3 N–H and O–H groups in total. The standard InChI is InChI=1S/C11H18N2O.2ClH/c14-9-8-12-6-7-13-10-11-4-2-1-3-5-11;;/h1-5,12-14H,6-10H2;2*1H. The minimum absolute atomic E-state index is 0. The average molecular weight is 267 g/mol. The second-order valence-electron chi connectivity index (χ2n) is 3.14. The monoisotopic (exact) mass is 266 g/mol. The van der Waals surface area contributed by atoms with E-state index in [0.29, 0.717) is 6.54 Å². The molecule has 0 aliphatic carbocycles. The van der Waals surface area contributed by atoms with E-state index in [0.717, 1.165) is 19.6 Å². The third kappa shape index (κ3) is 8.95. The summed E-state index contributed by atoms with van der Waals surface area (Å²) in [7, 11) is 0. The first-order valence-electron chi connectivity index (χ1n) is 4.99. The van der Waals surface area contributed by atoms with Crippen LogP contribution in [0.5, 0.6) is 0 Å². The summed E-state index contributed by atoms with van der Waals surface area (Å²) in [5.41, 5.74) is 1.30. The van der Waals surface area contributed by atoms with Gasteiger partial charge in [-0.05, 0) is 5.56 Å². The molecule has 0 heterocycles. The van der Waals surface area contributed by atoms with E-state index in [-0.39, 0.29) is 31.4 Å². The van der Waals surface area contributed by atoms with Gasteiger partial charge in [0.15, 0.2) is 0 Å². The number of nitrogens with one attached hydrogen (secondary N) is 2. The number of aliphatic hydroxyl groups excluding tert-OH is 1. The lowest BCUT2D eigenvalue weighted by Crippen LogP contribution is -2.28. The lowest BCUT2D eigenvalue weighted by Gasteiger charge is -2.05. The maximum Gasteiger partial charge on any atom is 0.0555 e. The Balaban J connectivity index is 0. The summed E-state index contributed by atoms with van der Waals surface area (Å²) in [5.74, 6) is 0. The molecule has 94 valence electrons. The first kappa shape index (κ1) is 18.1. The number of hydrogen-bond donors (Lipinski definition) is 3. The Morgan fingerprint density at radius 1 is 0.875 bits per heavy atom. The van der Waals surface area contributed by atoms with Crippen LogP contribution in [-0.2, 0) is 6.54 Å². The largest absolute Gasteiger partial charge is 0.395 e. The Labute approximate surface area is 109 Å². The van der Waals surface area contributed by atoms with E-state index in [9.17, 15) is 0 Å². The van der Waals surface area contributed by atoms with Gasteiger partial charge in [0.05, 0.1) is 6.61 Å². The molecule has 0 aliphatic rings. The first-order chi connectivity index (χ1) is 6.93. The zero-order valence-corrected chi connectivity index (χ0v) is 10.8. The minimum atomic E-state index is 0. The van der Waals surface area contributed by atoms with Gasteiger partial charge in [0.2, 0.25) is 0 Å². The molecule has 5 heteroatoms. The Bertz CT molecular complexity index is 235. The van der Waals surface area contributed by atoms with Crippen molar-refractivity contribution in [2.45, 2.75) is 6.54 Å². The SMILES string of the molecule is Cl.Cl.OCCNCCNCc1ccccc1. The highest BCUT2D eigenvalue weighted by molar-refractivity contribution is 5.85. The molecule has 1 aromatic rings. The van der Waals surface area contributed by atoms with Gasteiger partial charge in [-0.25, -0.2) is 0 Å². The molecule has 0 amide bonds. The van der Waals surface area contributed by atoms with Crippen LogP contribution in [0.4, 0.5) is 0 Å².